The molecule has 0 radical (unpaired) electrons. The van der Waals surface area contributed by atoms with E-state index in [0.29, 0.717) is 0 Å². The van der Waals surface area contributed by atoms with Crippen molar-refractivity contribution < 1.29 is 30.5 Å². The molecule has 0 saturated carbocycles. The first-order valence-corrected chi connectivity index (χ1v) is 9.19. The van der Waals surface area contributed by atoms with Gasteiger partial charge in [-0.25, -0.2) is 4.98 Å². The van der Waals surface area contributed by atoms with E-state index in [1.165, 1.54) is 12.3 Å². The zero-order valence-electron chi connectivity index (χ0n) is 30.3. The largest absolute Gasteiger partial charge is 0.388 e. The molecular formula is C23H27N3O2S. The van der Waals surface area contributed by atoms with Crippen molar-refractivity contribution in [2.75, 3.05) is 11.1 Å². The Bertz CT molecular complexity index is 1580. The highest BCUT2D eigenvalue weighted by Crippen LogP contribution is 2.21. The summed E-state index contributed by atoms with van der Waals surface area (Å²) in [4.78, 5) is 16.4. The van der Waals surface area contributed by atoms with Gasteiger partial charge in [-0.15, -0.1) is 11.3 Å². The number of nitrogens with two attached hydrogens (primary N) is 1. The molecule has 0 aliphatic carbocycles. The highest BCUT2D eigenvalue weighted by Gasteiger charge is 2.08. The van der Waals surface area contributed by atoms with Gasteiger partial charge in [-0.1, -0.05) is 48.2 Å². The Morgan fingerprint density at radius 1 is 1.38 bits per heavy atom. The van der Waals surface area contributed by atoms with Crippen molar-refractivity contribution >= 4 is 28.1 Å². The Morgan fingerprint density at radius 2 is 2.17 bits per heavy atom. The van der Waals surface area contributed by atoms with Gasteiger partial charge in [0.2, 0.25) is 5.91 Å². The molecule has 1 aromatic heterocycles. The fraction of sp³-hybridized carbons (Fsp3) is 0.304. The third kappa shape index (κ3) is 6.69. The number of nitrogens with zero attached hydrogens (tertiary/aromatic N) is 1. The second-order valence-electron chi connectivity index (χ2n) is 5.66. The monoisotopic (exact) mass is 424 g/mol. The number of carbonyl (C=O) groups excluding carboxylic acids is 1. The lowest BCUT2D eigenvalue weighted by atomic mass is 10.00. The van der Waals surface area contributed by atoms with E-state index in [0.717, 1.165) is 11.3 Å². The van der Waals surface area contributed by atoms with Gasteiger partial charge < -0.3 is 16.2 Å². The topological polar surface area (TPSA) is 88.2 Å². The van der Waals surface area contributed by atoms with Gasteiger partial charge in [-0.2, -0.15) is 0 Å². The smallest absolute Gasteiger partial charge is 0.230 e. The number of nitrogens with one attached hydrogen (secondary N) is 1. The predicted molar refractivity (Wildman–Crippen MR) is 119 cm³/mol. The molecule has 29 heavy (non-hydrogen) atoms. The lowest BCUT2D eigenvalue weighted by Gasteiger charge is -2.11. The summed E-state index contributed by atoms with van der Waals surface area (Å²) in [5.74, 6) is -0.794. The van der Waals surface area contributed by atoms with Crippen LogP contribution in [0.1, 0.15) is 68.2 Å². The number of rotatable bonds is 9. The van der Waals surface area contributed by atoms with Crippen LogP contribution in [0.4, 0.5) is 10.8 Å². The Hall–Kier alpha value is -2.70. The first kappa shape index (κ1) is 8.98. The molecular weight excluding hydrogens is 382 g/mol. The fourth-order valence-corrected chi connectivity index (χ4v) is 2.66. The Labute approximate surface area is 196 Å². The Kier molecular flexibility index (Phi) is 3.15. The van der Waals surface area contributed by atoms with E-state index < -0.39 is 103 Å². The van der Waals surface area contributed by atoms with Crippen LogP contribution in [0.2, 0.25) is 0 Å². The van der Waals surface area contributed by atoms with Crippen molar-refractivity contribution in [1.82, 2.24) is 4.98 Å². The van der Waals surface area contributed by atoms with E-state index in [1.54, 1.807) is 0 Å². The summed E-state index contributed by atoms with van der Waals surface area (Å²) >= 11 is 1.06. The van der Waals surface area contributed by atoms with Gasteiger partial charge in [0, 0.05) is 19.3 Å². The first-order valence-electron chi connectivity index (χ1n) is 15.8. The summed E-state index contributed by atoms with van der Waals surface area (Å²) in [7, 11) is 0. The van der Waals surface area contributed by atoms with Gasteiger partial charge in [0.05, 0.1) is 30.5 Å². The number of nitrogen functional groups attached to an aromatic ring is 1. The standard InChI is InChI=1S/C23H27N3O2S/c1-16-5-4-7-18(13-16)21(27)8-3-2-6-17-9-11-19(12-10-17)25-22(28)14-20-15-29-23(24)26-20/h4-5,7,9-13,15,21,27H,2-3,6,8,14H2,1H3,(H2,24,26)(H,25,28)/t21-/m0/s1/i2D2,4D,5D,6D2,7D,8D2,9D,10D,11D,12D,13D,21D. The maximum atomic E-state index is 12.5. The summed E-state index contributed by atoms with van der Waals surface area (Å²) in [5, 5.41) is 14.9. The van der Waals surface area contributed by atoms with E-state index in [4.69, 9.17) is 26.3 Å². The molecule has 152 valence electrons. The van der Waals surface area contributed by atoms with E-state index in [9.17, 15) is 9.90 Å². The van der Waals surface area contributed by atoms with Crippen LogP contribution in [0.15, 0.2) is 53.7 Å². The fourth-order valence-electron chi connectivity index (χ4n) is 2.09. The minimum Gasteiger partial charge on any atom is -0.388 e. The number of hydrogen-bond acceptors (Lipinski definition) is 5. The molecule has 5 nitrogen and oxygen atoms in total. The maximum absolute atomic E-state index is 12.5. The van der Waals surface area contributed by atoms with Crippen LogP contribution >= 0.6 is 11.3 Å². The molecule has 1 heterocycles. The molecule has 0 spiro atoms. The van der Waals surface area contributed by atoms with Crippen LogP contribution in [-0.2, 0) is 17.6 Å². The number of carbonyl (C=O) groups is 1. The summed E-state index contributed by atoms with van der Waals surface area (Å²) in [6.45, 7) is 1.18. The van der Waals surface area contributed by atoms with Crippen molar-refractivity contribution in [3.05, 3.63) is 76.1 Å². The van der Waals surface area contributed by atoms with E-state index in [1.807, 2.05) is 0 Å². The molecule has 0 aliphatic heterocycles. The van der Waals surface area contributed by atoms with E-state index in [-0.39, 0.29) is 22.8 Å². The van der Waals surface area contributed by atoms with Gasteiger partial charge in [-0.3, -0.25) is 4.79 Å². The molecule has 6 heteroatoms. The van der Waals surface area contributed by atoms with E-state index in [2.05, 4.69) is 10.3 Å². The molecule has 4 N–H and O–H groups in total. The minimum atomic E-state index is -3.61. The predicted octanol–water partition coefficient (Wildman–Crippen LogP) is 4.66. The van der Waals surface area contributed by atoms with Gasteiger partial charge >= 0.3 is 0 Å². The van der Waals surface area contributed by atoms with Crippen molar-refractivity contribution in [1.29, 1.82) is 0 Å². The highest BCUT2D eigenvalue weighted by molar-refractivity contribution is 7.13. The normalized spacial score (nSPS) is 21.9. The van der Waals surface area contributed by atoms with Gasteiger partial charge in [0.1, 0.15) is 0 Å². The molecule has 2 aromatic carbocycles. The molecule has 0 unspecified atom stereocenters. The Morgan fingerprint density at radius 3 is 2.90 bits per heavy atom. The molecule has 0 saturated heterocycles. The van der Waals surface area contributed by atoms with Gasteiger partial charge in [0.15, 0.2) is 5.13 Å². The lowest BCUT2D eigenvalue weighted by molar-refractivity contribution is -0.115. The molecule has 3 aromatic rings. The molecule has 1 amide bonds. The highest BCUT2D eigenvalue weighted by atomic mass is 32.1. The summed E-state index contributed by atoms with van der Waals surface area (Å²) in [6, 6.07) is -7.25. The van der Waals surface area contributed by atoms with Crippen LogP contribution in [-0.4, -0.2) is 16.0 Å². The third-order valence-electron chi connectivity index (χ3n) is 3.35. The second kappa shape index (κ2) is 10.2. The number of hydrogen-bond donors (Lipinski definition) is 3. The zero-order chi connectivity index (χ0) is 33.9. The second-order valence-corrected chi connectivity index (χ2v) is 6.55. The quantitative estimate of drug-likeness (QED) is 0.466. The van der Waals surface area contributed by atoms with Gasteiger partial charge in [-0.05, 0) is 49.3 Å². The number of amides is 1. The van der Waals surface area contributed by atoms with Crippen molar-refractivity contribution in [2.24, 2.45) is 0 Å². The maximum Gasteiger partial charge on any atom is 0.230 e. The molecule has 1 atom stereocenters. The zero-order valence-corrected chi connectivity index (χ0v) is 16.1. The average Bonchev–Trinajstić information content (AvgIpc) is 3.30. The van der Waals surface area contributed by atoms with Crippen molar-refractivity contribution in [3.63, 3.8) is 0 Å². The Balaban J connectivity index is 2.04. The first-order chi connectivity index (χ1) is 19.9. The van der Waals surface area contributed by atoms with Crippen LogP contribution in [0.3, 0.4) is 0 Å². The molecule has 3 rings (SSSR count). The number of thiazole rings is 1. The van der Waals surface area contributed by atoms with Crippen LogP contribution in [0, 0.1) is 6.92 Å². The van der Waals surface area contributed by atoms with Crippen molar-refractivity contribution in [3.8, 4) is 0 Å². The van der Waals surface area contributed by atoms with Crippen molar-refractivity contribution in [2.45, 2.75) is 45.0 Å². The number of aromatic nitrogens is 1. The third-order valence-corrected chi connectivity index (χ3v) is 4.07. The SMILES string of the molecule is [2H]c1c([2H])c(C)c([2H])c([C@@]([2H])(O)C([2H])([2H])CC([2H])([2H])C([2H])([2H])c2c([2H])c([2H])c(NC(=O)Cc3csc(N)n3)c([2H])c2[2H])c1[2H]. The molecule has 0 fully saturated rings. The lowest BCUT2D eigenvalue weighted by Crippen LogP contribution is -2.14. The molecule has 0 bridgehead atoms. The van der Waals surface area contributed by atoms with E-state index >= 15 is 0 Å². The van der Waals surface area contributed by atoms with Gasteiger partial charge in [0.25, 0.3) is 0 Å². The molecule has 0 aliphatic rings. The average molecular weight is 425 g/mol. The number of anilines is 2. The summed E-state index contributed by atoms with van der Waals surface area (Å²) in [6.07, 6.45) is -16.1. The van der Waals surface area contributed by atoms with Crippen LogP contribution < -0.4 is 11.1 Å². The minimum absolute atomic E-state index is 0.188. The summed E-state index contributed by atoms with van der Waals surface area (Å²) < 4.78 is 124. The number of aliphatic hydroxyl groups is 1. The number of benzene rings is 2. The van der Waals surface area contributed by atoms with Crippen LogP contribution in [0.25, 0.3) is 0 Å². The van der Waals surface area contributed by atoms with Crippen LogP contribution in [0.5, 0.6) is 0 Å². The summed E-state index contributed by atoms with van der Waals surface area (Å²) in [5.41, 5.74) is 2.74.